The Kier molecular flexibility index (Phi) is 9.23. The Morgan fingerprint density at radius 3 is 2.68 bits per heavy atom. The van der Waals surface area contributed by atoms with Crippen LogP contribution < -0.4 is 4.90 Å². The molecule has 34 heavy (non-hydrogen) atoms. The molecule has 0 radical (unpaired) electrons. The lowest BCUT2D eigenvalue weighted by Crippen LogP contribution is -2.30. The van der Waals surface area contributed by atoms with E-state index in [1.807, 2.05) is 13.0 Å². The van der Waals surface area contributed by atoms with Gasteiger partial charge < -0.3 is 9.45 Å². The fourth-order valence-corrected chi connectivity index (χ4v) is 5.38. The van der Waals surface area contributed by atoms with Gasteiger partial charge in [-0.1, -0.05) is 11.6 Å². The number of rotatable bonds is 10. The predicted molar refractivity (Wildman–Crippen MR) is 127 cm³/mol. The summed E-state index contributed by atoms with van der Waals surface area (Å²) < 4.78 is 51.6. The van der Waals surface area contributed by atoms with Crippen molar-refractivity contribution < 1.29 is 22.5 Å². The Morgan fingerprint density at radius 2 is 2.06 bits per heavy atom. The largest absolute Gasteiger partial charge is 0.610 e. The Hall–Kier alpha value is -2.28. The number of pyridine rings is 2. The summed E-state index contributed by atoms with van der Waals surface area (Å²) in [4.78, 5) is 22.0. The van der Waals surface area contributed by atoms with Crippen LogP contribution in [0, 0.1) is 0 Å². The predicted octanol–water partition coefficient (Wildman–Crippen LogP) is 4.62. The highest BCUT2D eigenvalue weighted by molar-refractivity contribution is 8.00. The van der Waals surface area contributed by atoms with E-state index in [9.17, 15) is 22.5 Å². The molecule has 0 N–H and O–H groups in total. The van der Waals surface area contributed by atoms with Crippen LogP contribution >= 0.6 is 23.4 Å². The van der Waals surface area contributed by atoms with Gasteiger partial charge in [-0.2, -0.15) is 30.0 Å². The van der Waals surface area contributed by atoms with E-state index in [-0.39, 0.29) is 28.3 Å². The van der Waals surface area contributed by atoms with Crippen molar-refractivity contribution in [3.05, 3.63) is 59.8 Å². The summed E-state index contributed by atoms with van der Waals surface area (Å²) in [5.74, 6) is 1.04. The molecule has 0 fully saturated rings. The zero-order chi connectivity index (χ0) is 24.7. The summed E-state index contributed by atoms with van der Waals surface area (Å²) >= 11 is 6.18. The molecule has 3 aromatic heterocycles. The molecule has 0 aliphatic heterocycles. The first-order chi connectivity index (χ1) is 16.2. The first kappa shape index (κ1) is 26.3. The van der Waals surface area contributed by atoms with Gasteiger partial charge in [0.1, 0.15) is 11.4 Å². The van der Waals surface area contributed by atoms with E-state index in [1.54, 1.807) is 34.2 Å². The second-order valence-corrected chi connectivity index (χ2v) is 9.99. The lowest BCUT2D eigenvalue weighted by Gasteiger charge is -2.19. The lowest BCUT2D eigenvalue weighted by atomic mass is 10.3. The van der Waals surface area contributed by atoms with Gasteiger partial charge in [0.25, 0.3) is 0 Å². The van der Waals surface area contributed by atoms with Crippen LogP contribution in [0.2, 0.25) is 5.15 Å². The van der Waals surface area contributed by atoms with Crippen LogP contribution in [0.3, 0.4) is 0 Å². The lowest BCUT2D eigenvalue weighted by molar-refractivity contribution is -0.137. The van der Waals surface area contributed by atoms with E-state index in [2.05, 4.69) is 15.1 Å². The van der Waals surface area contributed by atoms with Crippen molar-refractivity contribution in [1.82, 2.24) is 19.7 Å². The van der Waals surface area contributed by atoms with Gasteiger partial charge >= 0.3 is 6.18 Å². The molecule has 1 amide bonds. The van der Waals surface area contributed by atoms with Crippen LogP contribution in [-0.4, -0.2) is 54.0 Å². The second kappa shape index (κ2) is 11.9. The maximum absolute atomic E-state index is 12.7. The van der Waals surface area contributed by atoms with E-state index >= 15 is 0 Å². The number of aromatic nitrogens is 4. The molecule has 3 rings (SSSR count). The van der Waals surface area contributed by atoms with Crippen LogP contribution in [-0.2, 0) is 22.1 Å². The van der Waals surface area contributed by atoms with Gasteiger partial charge in [0.05, 0.1) is 23.6 Å². The van der Waals surface area contributed by atoms with Crippen LogP contribution in [0.5, 0.6) is 0 Å². The molecule has 0 bridgehead atoms. The second-order valence-electron chi connectivity index (χ2n) is 6.89. The number of nitrogens with zero attached hydrogens (tertiary/aromatic N) is 5. The van der Waals surface area contributed by atoms with Crippen LogP contribution in [0.15, 0.2) is 54.1 Å². The molecule has 0 spiro atoms. The average molecular weight is 532 g/mol. The van der Waals surface area contributed by atoms with Crippen LogP contribution in [0.4, 0.5) is 18.9 Å². The van der Waals surface area contributed by atoms with E-state index in [1.165, 1.54) is 11.8 Å². The summed E-state index contributed by atoms with van der Waals surface area (Å²) in [5, 5.41) is 4.55. The summed E-state index contributed by atoms with van der Waals surface area (Å²) in [7, 11) is 0. The summed E-state index contributed by atoms with van der Waals surface area (Å²) in [6, 6.07) is 5.58. The number of carbonyl (C=O) groups is 1. The van der Waals surface area contributed by atoms with Crippen molar-refractivity contribution in [2.75, 3.05) is 28.7 Å². The highest BCUT2D eigenvalue weighted by Crippen LogP contribution is 2.29. The minimum absolute atomic E-state index is 0.0992. The number of carbonyl (C=O) groups excluding carboxylic acids is 1. The Balaban J connectivity index is 1.47. The summed E-state index contributed by atoms with van der Waals surface area (Å²) in [6.07, 6.45) is 1.38. The highest BCUT2D eigenvalue weighted by Gasteiger charge is 2.31. The molecule has 1 unspecified atom stereocenters. The van der Waals surface area contributed by atoms with Gasteiger partial charge in [-0.15, -0.1) is 0 Å². The van der Waals surface area contributed by atoms with Gasteiger partial charge in [0.15, 0.2) is 5.15 Å². The fourth-order valence-electron chi connectivity index (χ4n) is 2.95. The third kappa shape index (κ3) is 6.87. The quantitative estimate of drug-likeness (QED) is 0.280. The Labute approximate surface area is 206 Å². The van der Waals surface area contributed by atoms with Gasteiger partial charge in [-0.3, -0.25) is 9.78 Å². The Bertz CT molecular complexity index is 1080. The van der Waals surface area contributed by atoms with Crippen LogP contribution in [0.25, 0.3) is 5.69 Å². The standard InChI is InChI=1S/C21H21ClF3N5O2S2/c1-2-29(17-14-30(28-20(17)22)16-4-3-8-26-13-16)19(31)7-9-33-10-11-34(32)18-6-5-15(12-27-18)21(23,24)25/h3-6,8,12-14H,2,7,9-11H2,1H3. The van der Waals surface area contributed by atoms with Crippen LogP contribution in [0.1, 0.15) is 18.9 Å². The van der Waals surface area contributed by atoms with Gasteiger partial charge in [-0.05, 0) is 25.1 Å². The minimum Gasteiger partial charge on any atom is -0.610 e. The van der Waals surface area contributed by atoms with E-state index < -0.39 is 22.9 Å². The molecule has 13 heteroatoms. The van der Waals surface area contributed by atoms with Crippen molar-refractivity contribution in [1.29, 1.82) is 0 Å². The molecule has 7 nitrogen and oxygen atoms in total. The van der Waals surface area contributed by atoms with Crippen molar-refractivity contribution in [2.24, 2.45) is 0 Å². The molecular formula is C21H21ClF3N5O2S2. The summed E-state index contributed by atoms with van der Waals surface area (Å²) in [5.41, 5.74) is 0.329. The number of hydrogen-bond donors (Lipinski definition) is 0. The maximum Gasteiger partial charge on any atom is 0.417 e. The van der Waals surface area contributed by atoms with E-state index in [0.717, 1.165) is 12.1 Å². The monoisotopic (exact) mass is 531 g/mol. The molecule has 3 heterocycles. The number of anilines is 1. The van der Waals surface area contributed by atoms with Gasteiger partial charge in [0, 0.05) is 54.1 Å². The molecule has 3 aromatic rings. The summed E-state index contributed by atoms with van der Waals surface area (Å²) in [6.45, 7) is 2.24. The fraction of sp³-hybridized carbons (Fsp3) is 0.333. The molecule has 1 atom stereocenters. The molecule has 0 saturated heterocycles. The number of amides is 1. The normalized spacial score (nSPS) is 12.5. The highest BCUT2D eigenvalue weighted by atomic mass is 35.5. The molecule has 0 aliphatic rings. The smallest absolute Gasteiger partial charge is 0.417 e. The number of hydrogen-bond acceptors (Lipinski definition) is 6. The zero-order valence-corrected chi connectivity index (χ0v) is 20.4. The Morgan fingerprint density at radius 1 is 1.26 bits per heavy atom. The van der Waals surface area contributed by atoms with Crippen molar-refractivity contribution in [3.63, 3.8) is 0 Å². The van der Waals surface area contributed by atoms with Crippen molar-refractivity contribution >= 4 is 46.1 Å². The number of halogens is 4. The molecular weight excluding hydrogens is 511 g/mol. The third-order valence-corrected chi connectivity index (χ3v) is 7.44. The van der Waals surface area contributed by atoms with E-state index in [4.69, 9.17) is 11.6 Å². The SMILES string of the molecule is CCN(C(=O)CCSCC[S+]([O-])c1ccc(C(F)(F)F)cn1)c1cn(-c2cccnc2)nc1Cl. The zero-order valence-electron chi connectivity index (χ0n) is 18.0. The first-order valence-electron chi connectivity index (χ1n) is 10.2. The van der Waals surface area contributed by atoms with Crippen molar-refractivity contribution in [2.45, 2.75) is 24.5 Å². The molecule has 0 aliphatic carbocycles. The minimum atomic E-state index is -4.48. The van der Waals surface area contributed by atoms with Crippen molar-refractivity contribution in [3.8, 4) is 5.69 Å². The van der Waals surface area contributed by atoms with E-state index in [0.29, 0.717) is 35.6 Å². The molecule has 0 aromatic carbocycles. The van der Waals surface area contributed by atoms with Gasteiger partial charge in [-0.25, -0.2) is 9.67 Å². The average Bonchev–Trinajstić information content (AvgIpc) is 3.20. The molecule has 182 valence electrons. The third-order valence-electron chi connectivity index (χ3n) is 4.64. The number of thioether (sulfide) groups is 1. The molecule has 0 saturated carbocycles. The van der Waals surface area contributed by atoms with Gasteiger partial charge in [0.2, 0.25) is 10.9 Å². The first-order valence-corrected chi connectivity index (χ1v) is 13.0. The topological polar surface area (TPSA) is 87.0 Å². The number of alkyl halides is 3. The maximum atomic E-state index is 12.7.